The van der Waals surface area contributed by atoms with Crippen LogP contribution in [0.5, 0.6) is 0 Å². The molecule has 0 saturated carbocycles. The van der Waals surface area contributed by atoms with E-state index in [1.54, 1.807) is 24.3 Å². The van der Waals surface area contributed by atoms with Crippen LogP contribution in [-0.4, -0.2) is 30.2 Å². The highest BCUT2D eigenvalue weighted by atomic mass is 16.5. The number of carbonyl (C=O) groups is 2. The molecule has 0 bridgehead atoms. The summed E-state index contributed by atoms with van der Waals surface area (Å²) in [5, 5.41) is 8.65. The zero-order valence-corrected chi connectivity index (χ0v) is 8.84. The van der Waals surface area contributed by atoms with E-state index in [-0.39, 0.29) is 6.42 Å². The molecule has 0 spiro atoms. The van der Waals surface area contributed by atoms with Gasteiger partial charge in [0.25, 0.3) is 0 Å². The highest BCUT2D eigenvalue weighted by Crippen LogP contribution is 2.08. The number of carboxylic acids is 1. The zero-order valence-electron chi connectivity index (χ0n) is 8.84. The molecule has 16 heavy (non-hydrogen) atoms. The Labute approximate surface area is 92.8 Å². The molecule has 0 aliphatic rings. The minimum absolute atomic E-state index is 0.181. The van der Waals surface area contributed by atoms with Crippen molar-refractivity contribution in [3.63, 3.8) is 0 Å². The number of methoxy groups -OCH3 is 1. The lowest BCUT2D eigenvalue weighted by Gasteiger charge is -2.07. The van der Waals surface area contributed by atoms with E-state index in [2.05, 4.69) is 4.74 Å². The number of ether oxygens (including phenoxy) is 1. The first-order chi connectivity index (χ1) is 7.54. The third-order valence-corrected chi connectivity index (χ3v) is 2.12. The molecule has 5 nitrogen and oxygen atoms in total. The highest BCUT2D eigenvalue weighted by Gasteiger charge is 2.13. The maximum absolute atomic E-state index is 11.2. The Morgan fingerprint density at radius 2 is 2.19 bits per heavy atom. The van der Waals surface area contributed by atoms with Crippen molar-refractivity contribution < 1.29 is 19.4 Å². The second-order valence-electron chi connectivity index (χ2n) is 3.34. The van der Waals surface area contributed by atoms with Crippen molar-refractivity contribution in [1.29, 1.82) is 0 Å². The second kappa shape index (κ2) is 5.27. The summed E-state index contributed by atoms with van der Waals surface area (Å²) in [5.41, 5.74) is 6.47. The van der Waals surface area contributed by atoms with Gasteiger partial charge in [0.15, 0.2) is 0 Å². The maximum Gasteiger partial charge on any atom is 0.337 e. The SMILES string of the molecule is COC(=O)c1cccc(CC(N)C(=O)O)c1. The molecule has 1 unspecified atom stereocenters. The van der Waals surface area contributed by atoms with Crippen LogP contribution in [0.4, 0.5) is 0 Å². The Hall–Kier alpha value is -1.88. The predicted molar refractivity (Wildman–Crippen MR) is 57.1 cm³/mol. The average molecular weight is 223 g/mol. The predicted octanol–water partition coefficient (Wildman–Crippen LogP) is 0.428. The van der Waals surface area contributed by atoms with E-state index >= 15 is 0 Å². The number of esters is 1. The molecule has 0 aliphatic carbocycles. The first kappa shape index (κ1) is 12.2. The molecule has 3 N–H and O–H groups in total. The van der Waals surface area contributed by atoms with Crippen molar-refractivity contribution in [2.45, 2.75) is 12.5 Å². The van der Waals surface area contributed by atoms with Gasteiger partial charge >= 0.3 is 11.9 Å². The van der Waals surface area contributed by atoms with E-state index in [1.165, 1.54) is 7.11 Å². The molecule has 1 aromatic carbocycles. The van der Waals surface area contributed by atoms with E-state index in [1.807, 2.05) is 0 Å². The van der Waals surface area contributed by atoms with Crippen molar-refractivity contribution in [3.05, 3.63) is 35.4 Å². The van der Waals surface area contributed by atoms with Crippen LogP contribution in [0.2, 0.25) is 0 Å². The van der Waals surface area contributed by atoms with Gasteiger partial charge in [-0.2, -0.15) is 0 Å². The minimum Gasteiger partial charge on any atom is -0.480 e. The molecule has 0 amide bonds. The Kier molecular flexibility index (Phi) is 4.02. The van der Waals surface area contributed by atoms with E-state index in [9.17, 15) is 9.59 Å². The van der Waals surface area contributed by atoms with Gasteiger partial charge in [-0.3, -0.25) is 4.79 Å². The number of hydrogen-bond acceptors (Lipinski definition) is 4. The Morgan fingerprint density at radius 3 is 2.75 bits per heavy atom. The van der Waals surface area contributed by atoms with Crippen LogP contribution in [0.15, 0.2) is 24.3 Å². The van der Waals surface area contributed by atoms with Crippen LogP contribution < -0.4 is 5.73 Å². The summed E-state index contributed by atoms with van der Waals surface area (Å²) < 4.78 is 4.56. The summed E-state index contributed by atoms with van der Waals surface area (Å²) in [6.07, 6.45) is 0.181. The summed E-state index contributed by atoms with van der Waals surface area (Å²) in [5.74, 6) is -1.52. The number of hydrogen-bond donors (Lipinski definition) is 2. The molecule has 0 saturated heterocycles. The molecule has 0 heterocycles. The number of carbonyl (C=O) groups excluding carboxylic acids is 1. The summed E-state index contributed by atoms with van der Waals surface area (Å²) >= 11 is 0. The van der Waals surface area contributed by atoms with Gasteiger partial charge in [0, 0.05) is 0 Å². The third kappa shape index (κ3) is 3.06. The van der Waals surface area contributed by atoms with E-state index in [0.717, 1.165) is 0 Å². The molecule has 0 aromatic heterocycles. The van der Waals surface area contributed by atoms with Gasteiger partial charge in [0.2, 0.25) is 0 Å². The smallest absolute Gasteiger partial charge is 0.337 e. The average Bonchev–Trinajstić information content (AvgIpc) is 2.28. The van der Waals surface area contributed by atoms with E-state index in [0.29, 0.717) is 11.1 Å². The largest absolute Gasteiger partial charge is 0.480 e. The minimum atomic E-state index is -1.07. The molecule has 1 rings (SSSR count). The molecular weight excluding hydrogens is 210 g/mol. The van der Waals surface area contributed by atoms with Gasteiger partial charge in [-0.1, -0.05) is 12.1 Å². The van der Waals surface area contributed by atoms with Gasteiger partial charge in [0.1, 0.15) is 6.04 Å². The van der Waals surface area contributed by atoms with Gasteiger partial charge in [0.05, 0.1) is 12.7 Å². The van der Waals surface area contributed by atoms with Crippen molar-refractivity contribution in [2.75, 3.05) is 7.11 Å². The van der Waals surface area contributed by atoms with Gasteiger partial charge in [-0.05, 0) is 24.1 Å². The monoisotopic (exact) mass is 223 g/mol. The van der Waals surface area contributed by atoms with Crippen molar-refractivity contribution in [1.82, 2.24) is 0 Å². The fourth-order valence-electron chi connectivity index (χ4n) is 1.28. The fraction of sp³-hybridized carbons (Fsp3) is 0.273. The molecule has 5 heteroatoms. The first-order valence-electron chi connectivity index (χ1n) is 4.70. The molecule has 86 valence electrons. The molecule has 0 fully saturated rings. The fourth-order valence-corrected chi connectivity index (χ4v) is 1.28. The summed E-state index contributed by atoms with van der Waals surface area (Å²) in [6.45, 7) is 0. The second-order valence-corrected chi connectivity index (χ2v) is 3.34. The quantitative estimate of drug-likeness (QED) is 0.722. The number of benzene rings is 1. The molecular formula is C11H13NO4. The Balaban J connectivity index is 2.82. The van der Waals surface area contributed by atoms with Crippen LogP contribution in [0.3, 0.4) is 0 Å². The van der Waals surface area contributed by atoms with Crippen LogP contribution in [0.25, 0.3) is 0 Å². The van der Waals surface area contributed by atoms with Crippen LogP contribution >= 0.6 is 0 Å². The summed E-state index contributed by atoms with van der Waals surface area (Å²) in [7, 11) is 1.29. The van der Waals surface area contributed by atoms with Gasteiger partial charge < -0.3 is 15.6 Å². The summed E-state index contributed by atoms with van der Waals surface area (Å²) in [4.78, 5) is 21.8. The number of nitrogens with two attached hydrogens (primary N) is 1. The molecule has 0 radical (unpaired) electrons. The highest BCUT2D eigenvalue weighted by molar-refractivity contribution is 5.89. The third-order valence-electron chi connectivity index (χ3n) is 2.12. The normalized spacial score (nSPS) is 11.9. The lowest BCUT2D eigenvalue weighted by molar-refractivity contribution is -0.138. The number of carboxylic acid groups (broad SMARTS) is 1. The molecule has 1 aromatic rings. The molecule has 0 aliphatic heterocycles. The van der Waals surface area contributed by atoms with Crippen LogP contribution in [0, 0.1) is 0 Å². The van der Waals surface area contributed by atoms with Crippen molar-refractivity contribution >= 4 is 11.9 Å². The Morgan fingerprint density at radius 1 is 1.50 bits per heavy atom. The first-order valence-corrected chi connectivity index (χ1v) is 4.70. The number of rotatable bonds is 4. The van der Waals surface area contributed by atoms with E-state index < -0.39 is 18.0 Å². The van der Waals surface area contributed by atoms with Crippen molar-refractivity contribution in [2.24, 2.45) is 5.73 Å². The Bertz CT molecular complexity index is 403. The van der Waals surface area contributed by atoms with Crippen LogP contribution in [-0.2, 0) is 16.0 Å². The van der Waals surface area contributed by atoms with Gasteiger partial charge in [-0.15, -0.1) is 0 Å². The summed E-state index contributed by atoms with van der Waals surface area (Å²) in [6, 6.07) is 5.59. The maximum atomic E-state index is 11.2. The number of aliphatic carboxylic acids is 1. The van der Waals surface area contributed by atoms with E-state index in [4.69, 9.17) is 10.8 Å². The van der Waals surface area contributed by atoms with Crippen molar-refractivity contribution in [3.8, 4) is 0 Å². The van der Waals surface area contributed by atoms with Crippen LogP contribution in [0.1, 0.15) is 15.9 Å². The lowest BCUT2D eigenvalue weighted by Crippen LogP contribution is -2.32. The van der Waals surface area contributed by atoms with Gasteiger partial charge in [-0.25, -0.2) is 4.79 Å². The standard InChI is InChI=1S/C11H13NO4/c1-16-11(15)8-4-2-3-7(5-8)6-9(12)10(13)14/h2-5,9H,6,12H2,1H3,(H,13,14). The topological polar surface area (TPSA) is 89.6 Å². The zero-order chi connectivity index (χ0) is 12.1. The molecule has 1 atom stereocenters. The lowest BCUT2D eigenvalue weighted by atomic mass is 10.0.